The molecule has 5 heteroatoms. The first-order valence-corrected chi connectivity index (χ1v) is 7.48. The number of hydrogen-bond acceptors (Lipinski definition) is 3. The van der Waals surface area contributed by atoms with Gasteiger partial charge in [0.25, 0.3) is 0 Å². The maximum absolute atomic E-state index is 12.1. The van der Waals surface area contributed by atoms with E-state index in [4.69, 9.17) is 5.11 Å². The third-order valence-electron chi connectivity index (χ3n) is 4.46. The summed E-state index contributed by atoms with van der Waals surface area (Å²) in [5, 5.41) is 12.0. The smallest absolute Gasteiger partial charge is 0.306 e. The van der Waals surface area contributed by atoms with Gasteiger partial charge in [0.2, 0.25) is 5.91 Å². The summed E-state index contributed by atoms with van der Waals surface area (Å²) < 4.78 is 0. The average Bonchev–Trinajstić information content (AvgIpc) is 3.07. The summed E-state index contributed by atoms with van der Waals surface area (Å²) in [7, 11) is 0. The fourth-order valence-electron chi connectivity index (χ4n) is 3.35. The number of hydrogen-bond donors (Lipinski definition) is 2. The van der Waals surface area contributed by atoms with Gasteiger partial charge in [0, 0.05) is 18.3 Å². The van der Waals surface area contributed by atoms with Crippen LogP contribution in [0.3, 0.4) is 0 Å². The van der Waals surface area contributed by atoms with Crippen molar-refractivity contribution in [3.63, 3.8) is 0 Å². The predicted octanol–water partition coefficient (Wildman–Crippen LogP) is 1.42. The molecule has 1 aliphatic heterocycles. The third-order valence-corrected chi connectivity index (χ3v) is 4.46. The van der Waals surface area contributed by atoms with Crippen molar-refractivity contribution in [1.82, 2.24) is 5.32 Å². The lowest BCUT2D eigenvalue weighted by Gasteiger charge is -2.20. The maximum Gasteiger partial charge on any atom is 0.306 e. The van der Waals surface area contributed by atoms with Crippen LogP contribution in [0.2, 0.25) is 0 Å². The van der Waals surface area contributed by atoms with E-state index in [-0.39, 0.29) is 17.9 Å². The van der Waals surface area contributed by atoms with Crippen LogP contribution in [0, 0.1) is 5.92 Å². The number of fused-ring (bicyclic) bond motifs is 1. The van der Waals surface area contributed by atoms with Gasteiger partial charge in [0.15, 0.2) is 0 Å². The third kappa shape index (κ3) is 3.01. The van der Waals surface area contributed by atoms with Crippen molar-refractivity contribution in [2.24, 2.45) is 5.92 Å². The molecule has 1 saturated carbocycles. The minimum absolute atomic E-state index is 0.0106. The molecule has 2 aliphatic rings. The number of aliphatic carboxylic acids is 1. The zero-order chi connectivity index (χ0) is 14.8. The van der Waals surface area contributed by atoms with Crippen LogP contribution < -0.4 is 10.2 Å². The van der Waals surface area contributed by atoms with Gasteiger partial charge in [0.1, 0.15) is 0 Å². The summed E-state index contributed by atoms with van der Waals surface area (Å²) >= 11 is 0. The highest BCUT2D eigenvalue weighted by atomic mass is 16.4. The molecular weight excluding hydrogens is 268 g/mol. The van der Waals surface area contributed by atoms with E-state index >= 15 is 0 Å². The van der Waals surface area contributed by atoms with Gasteiger partial charge in [-0.3, -0.25) is 9.59 Å². The van der Waals surface area contributed by atoms with E-state index in [0.29, 0.717) is 19.4 Å². The van der Waals surface area contributed by atoms with E-state index in [9.17, 15) is 9.59 Å². The predicted molar refractivity (Wildman–Crippen MR) is 79.3 cm³/mol. The van der Waals surface area contributed by atoms with Gasteiger partial charge in [-0.1, -0.05) is 18.2 Å². The molecule has 1 aliphatic carbocycles. The summed E-state index contributed by atoms with van der Waals surface area (Å²) in [6.07, 6.45) is 2.96. The van der Waals surface area contributed by atoms with Gasteiger partial charge in [-0.05, 0) is 37.3 Å². The molecular formula is C16H20N2O3. The minimum Gasteiger partial charge on any atom is -0.481 e. The summed E-state index contributed by atoms with van der Waals surface area (Å²) in [6.45, 7) is 1.22. The van der Waals surface area contributed by atoms with Crippen LogP contribution in [0.15, 0.2) is 24.3 Å². The Balaban J connectivity index is 1.53. The van der Waals surface area contributed by atoms with Crippen molar-refractivity contribution in [3.8, 4) is 0 Å². The van der Waals surface area contributed by atoms with Gasteiger partial charge >= 0.3 is 5.97 Å². The largest absolute Gasteiger partial charge is 0.481 e. The Kier molecular flexibility index (Phi) is 3.82. The van der Waals surface area contributed by atoms with Crippen molar-refractivity contribution in [1.29, 1.82) is 0 Å². The van der Waals surface area contributed by atoms with E-state index in [1.807, 2.05) is 18.2 Å². The lowest BCUT2D eigenvalue weighted by Crippen LogP contribution is -2.41. The van der Waals surface area contributed by atoms with Crippen molar-refractivity contribution < 1.29 is 14.7 Å². The summed E-state index contributed by atoms with van der Waals surface area (Å²) in [4.78, 5) is 25.2. The number of nitrogens with one attached hydrogen (secondary N) is 1. The number of amides is 1. The molecule has 1 aromatic rings. The zero-order valence-corrected chi connectivity index (χ0v) is 11.9. The first kappa shape index (κ1) is 13.9. The first-order valence-electron chi connectivity index (χ1n) is 7.48. The van der Waals surface area contributed by atoms with E-state index in [1.54, 1.807) is 0 Å². The molecule has 112 valence electrons. The molecule has 2 atom stereocenters. The number of anilines is 1. The number of carbonyl (C=O) groups excluding carboxylic acids is 1. The van der Waals surface area contributed by atoms with Crippen molar-refractivity contribution in [2.75, 3.05) is 18.0 Å². The van der Waals surface area contributed by atoms with Gasteiger partial charge in [-0.25, -0.2) is 0 Å². The lowest BCUT2D eigenvalue weighted by atomic mass is 10.1. The zero-order valence-electron chi connectivity index (χ0n) is 11.9. The molecule has 1 heterocycles. The van der Waals surface area contributed by atoms with Crippen LogP contribution in [0.4, 0.5) is 5.69 Å². The molecule has 0 radical (unpaired) electrons. The topological polar surface area (TPSA) is 69.6 Å². The van der Waals surface area contributed by atoms with Crippen molar-refractivity contribution >= 4 is 17.6 Å². The SMILES string of the molecule is O=C(CN1CCc2ccccc21)N[C@@H]1CC[C@H](C(=O)O)C1. The molecule has 0 bridgehead atoms. The van der Waals surface area contributed by atoms with Gasteiger partial charge < -0.3 is 15.3 Å². The van der Waals surface area contributed by atoms with Crippen LogP contribution >= 0.6 is 0 Å². The number of carboxylic acid groups (broad SMARTS) is 1. The number of carbonyl (C=O) groups is 2. The maximum atomic E-state index is 12.1. The van der Waals surface area contributed by atoms with E-state index in [0.717, 1.165) is 25.1 Å². The summed E-state index contributed by atoms with van der Waals surface area (Å²) in [5.41, 5.74) is 2.43. The Morgan fingerprint density at radius 2 is 2.10 bits per heavy atom. The number of para-hydroxylation sites is 1. The molecule has 21 heavy (non-hydrogen) atoms. The Morgan fingerprint density at radius 3 is 2.86 bits per heavy atom. The summed E-state index contributed by atoms with van der Waals surface area (Å²) in [5.74, 6) is -1.06. The molecule has 3 rings (SSSR count). The van der Waals surface area contributed by atoms with Crippen LogP contribution in [-0.4, -0.2) is 36.1 Å². The van der Waals surface area contributed by atoms with Crippen molar-refractivity contribution in [3.05, 3.63) is 29.8 Å². The highest BCUT2D eigenvalue weighted by molar-refractivity contribution is 5.82. The van der Waals surface area contributed by atoms with Crippen molar-refractivity contribution in [2.45, 2.75) is 31.7 Å². The van der Waals surface area contributed by atoms with Crippen LogP contribution in [0.25, 0.3) is 0 Å². The fourth-order valence-corrected chi connectivity index (χ4v) is 3.35. The molecule has 1 amide bonds. The highest BCUT2D eigenvalue weighted by Gasteiger charge is 2.31. The van der Waals surface area contributed by atoms with E-state index in [2.05, 4.69) is 16.3 Å². The second-order valence-electron chi connectivity index (χ2n) is 5.91. The van der Waals surface area contributed by atoms with E-state index < -0.39 is 5.97 Å². The Labute approximate surface area is 123 Å². The van der Waals surface area contributed by atoms with Crippen LogP contribution in [0.1, 0.15) is 24.8 Å². The van der Waals surface area contributed by atoms with Crippen LogP contribution in [-0.2, 0) is 16.0 Å². The Morgan fingerprint density at radius 1 is 1.29 bits per heavy atom. The molecule has 0 saturated heterocycles. The van der Waals surface area contributed by atoms with Gasteiger partial charge in [-0.2, -0.15) is 0 Å². The second-order valence-corrected chi connectivity index (χ2v) is 5.91. The highest BCUT2D eigenvalue weighted by Crippen LogP contribution is 2.28. The molecule has 0 unspecified atom stereocenters. The second kappa shape index (κ2) is 5.76. The standard InChI is InChI=1S/C16H20N2O3/c19-15(17-13-6-5-12(9-13)16(20)21)10-18-8-7-11-3-1-2-4-14(11)18/h1-4,12-13H,5-10H2,(H,17,19)(H,20,21)/t12-,13+/m0/s1. The number of benzene rings is 1. The van der Waals surface area contributed by atoms with Crippen LogP contribution in [0.5, 0.6) is 0 Å². The molecule has 2 N–H and O–H groups in total. The average molecular weight is 288 g/mol. The molecule has 0 aromatic heterocycles. The normalized spacial score (nSPS) is 23.9. The lowest BCUT2D eigenvalue weighted by molar-refractivity contribution is -0.141. The molecule has 0 spiro atoms. The monoisotopic (exact) mass is 288 g/mol. The molecule has 1 fully saturated rings. The summed E-state index contributed by atoms with van der Waals surface area (Å²) in [6, 6.07) is 8.17. The fraction of sp³-hybridized carbons (Fsp3) is 0.500. The molecule has 5 nitrogen and oxygen atoms in total. The minimum atomic E-state index is -0.750. The van der Waals surface area contributed by atoms with E-state index in [1.165, 1.54) is 5.56 Å². The first-order chi connectivity index (χ1) is 10.1. The Hall–Kier alpha value is -2.04. The quantitative estimate of drug-likeness (QED) is 0.879. The number of carboxylic acids is 1. The van der Waals surface area contributed by atoms with Gasteiger partial charge in [0.05, 0.1) is 12.5 Å². The number of rotatable bonds is 4. The number of nitrogens with zero attached hydrogens (tertiary/aromatic N) is 1. The molecule has 1 aromatic carbocycles. The Bertz CT molecular complexity index is 558. The van der Waals surface area contributed by atoms with Gasteiger partial charge in [-0.15, -0.1) is 0 Å².